The smallest absolute Gasteiger partial charge is 0.251 e. The molecule has 0 aromatic heterocycles. The van der Waals surface area contributed by atoms with Crippen molar-refractivity contribution in [1.82, 2.24) is 10.6 Å². The first-order valence-electron chi connectivity index (χ1n) is 8.60. The number of hydrogen-bond acceptors (Lipinski definition) is 7. The summed E-state index contributed by atoms with van der Waals surface area (Å²) in [5, 5.41) is 34.9. The predicted molar refractivity (Wildman–Crippen MR) is 104 cm³/mol. The zero-order valence-corrected chi connectivity index (χ0v) is 15.8. The van der Waals surface area contributed by atoms with Crippen LogP contribution in [-0.2, 0) is 0 Å². The van der Waals surface area contributed by atoms with Gasteiger partial charge in [0.15, 0.2) is 17.2 Å². The van der Waals surface area contributed by atoms with E-state index in [1.165, 1.54) is 31.4 Å². The molecule has 0 bridgehead atoms. The molecule has 1 aromatic carbocycles. The van der Waals surface area contributed by atoms with Crippen molar-refractivity contribution in [2.75, 3.05) is 25.4 Å². The Morgan fingerprint density at radius 1 is 1.08 bits per heavy atom. The normalized spacial score (nSPS) is 16.9. The fraction of sp³-hybridized carbons (Fsp3) is 0.588. The molecule has 5 N–H and O–H groups in total. The molecule has 1 heterocycles. The van der Waals surface area contributed by atoms with Crippen molar-refractivity contribution in [3.05, 3.63) is 17.7 Å². The lowest BCUT2D eigenvalue weighted by molar-refractivity contribution is 0.0953. The molecule has 1 aromatic rings. The van der Waals surface area contributed by atoms with Gasteiger partial charge in [0, 0.05) is 29.7 Å². The molecule has 8 heteroatoms. The monoisotopic (exact) mass is 386 g/mol. The minimum Gasteiger partial charge on any atom is -0.504 e. The quantitative estimate of drug-likeness (QED) is 0.239. The van der Waals surface area contributed by atoms with Gasteiger partial charge in [0.25, 0.3) is 5.91 Å². The zero-order chi connectivity index (χ0) is 18.1. The van der Waals surface area contributed by atoms with Crippen LogP contribution in [0.2, 0.25) is 0 Å². The Kier molecular flexibility index (Phi) is 8.57. The third-order valence-corrected chi connectivity index (χ3v) is 7.03. The molecule has 25 heavy (non-hydrogen) atoms. The Bertz CT molecular complexity index is 543. The summed E-state index contributed by atoms with van der Waals surface area (Å²) in [6.07, 6.45) is 6.32. The lowest BCUT2D eigenvalue weighted by Crippen LogP contribution is -2.32. The van der Waals surface area contributed by atoms with E-state index >= 15 is 0 Å². The van der Waals surface area contributed by atoms with Crippen molar-refractivity contribution < 1.29 is 20.1 Å². The molecule has 1 unspecified atom stereocenters. The number of carbonyl (C=O) groups excluding carboxylic acids is 1. The van der Waals surface area contributed by atoms with Crippen LogP contribution in [0.15, 0.2) is 12.1 Å². The van der Waals surface area contributed by atoms with Gasteiger partial charge in [-0.2, -0.15) is 0 Å². The standard InChI is InChI=1S/C17H26N2O4S2/c20-14-10-12(11-15(21)16(14)22)17(23)19-8-7-18-6-3-1-2-4-13-5-9-24-25-13/h10-11,13,18,20-22H,1-9H2,(H,19,23). The second-order valence-corrected chi connectivity index (χ2v) is 8.83. The SMILES string of the molecule is O=C(NCCNCCCCCC1CCSS1)c1cc(O)c(O)c(O)c1. The fourth-order valence-electron chi connectivity index (χ4n) is 2.59. The maximum absolute atomic E-state index is 11.9. The molecule has 1 aliphatic rings. The molecule has 1 amide bonds. The van der Waals surface area contributed by atoms with Gasteiger partial charge in [0.2, 0.25) is 0 Å². The van der Waals surface area contributed by atoms with Crippen LogP contribution in [0.5, 0.6) is 17.2 Å². The van der Waals surface area contributed by atoms with Crippen molar-refractivity contribution in [1.29, 1.82) is 0 Å². The number of phenolic OH excluding ortho intramolecular Hbond substituents is 3. The Morgan fingerprint density at radius 3 is 2.52 bits per heavy atom. The van der Waals surface area contributed by atoms with E-state index < -0.39 is 23.2 Å². The third-order valence-electron chi connectivity index (χ3n) is 4.03. The first kappa shape index (κ1) is 20.1. The molecular weight excluding hydrogens is 360 g/mol. The minimum atomic E-state index is -0.622. The van der Waals surface area contributed by atoms with Crippen LogP contribution in [0.25, 0.3) is 0 Å². The summed E-state index contributed by atoms with van der Waals surface area (Å²) in [6, 6.07) is 2.25. The summed E-state index contributed by atoms with van der Waals surface area (Å²) >= 11 is 0. The van der Waals surface area contributed by atoms with Gasteiger partial charge in [-0.1, -0.05) is 34.4 Å². The Balaban J connectivity index is 1.50. The van der Waals surface area contributed by atoms with E-state index in [0.717, 1.165) is 30.3 Å². The summed E-state index contributed by atoms with van der Waals surface area (Å²) < 4.78 is 0. The molecule has 1 saturated heterocycles. The average molecular weight is 387 g/mol. The number of benzene rings is 1. The van der Waals surface area contributed by atoms with Crippen molar-refractivity contribution in [2.24, 2.45) is 0 Å². The molecule has 140 valence electrons. The number of hydrogen-bond donors (Lipinski definition) is 5. The molecule has 0 saturated carbocycles. The Hall–Kier alpha value is -1.25. The van der Waals surface area contributed by atoms with E-state index in [-0.39, 0.29) is 5.56 Å². The molecule has 0 spiro atoms. The van der Waals surface area contributed by atoms with E-state index in [1.54, 1.807) is 0 Å². The number of aromatic hydroxyl groups is 3. The van der Waals surface area contributed by atoms with Gasteiger partial charge in [0.05, 0.1) is 0 Å². The lowest BCUT2D eigenvalue weighted by Gasteiger charge is -2.09. The Morgan fingerprint density at radius 2 is 1.84 bits per heavy atom. The van der Waals surface area contributed by atoms with Gasteiger partial charge in [-0.05, 0) is 37.9 Å². The second-order valence-electron chi connectivity index (χ2n) is 6.05. The van der Waals surface area contributed by atoms with E-state index in [0.29, 0.717) is 13.1 Å². The third kappa shape index (κ3) is 6.87. The summed E-state index contributed by atoms with van der Waals surface area (Å²) in [7, 11) is 4.03. The van der Waals surface area contributed by atoms with Crippen molar-refractivity contribution in [3.63, 3.8) is 0 Å². The average Bonchev–Trinajstić information content (AvgIpc) is 3.11. The maximum Gasteiger partial charge on any atom is 0.251 e. The molecule has 1 atom stereocenters. The topological polar surface area (TPSA) is 102 Å². The van der Waals surface area contributed by atoms with Crippen molar-refractivity contribution >= 4 is 27.5 Å². The van der Waals surface area contributed by atoms with Crippen LogP contribution in [0, 0.1) is 0 Å². The zero-order valence-electron chi connectivity index (χ0n) is 14.2. The van der Waals surface area contributed by atoms with Crippen molar-refractivity contribution in [2.45, 2.75) is 37.4 Å². The molecule has 1 fully saturated rings. The Labute approximate surface area is 156 Å². The summed E-state index contributed by atoms with van der Waals surface area (Å²) in [4.78, 5) is 11.9. The highest BCUT2D eigenvalue weighted by Crippen LogP contribution is 2.39. The number of phenols is 3. The number of rotatable bonds is 10. The molecule has 1 aliphatic heterocycles. The van der Waals surface area contributed by atoms with Gasteiger partial charge in [0.1, 0.15) is 0 Å². The predicted octanol–water partition coefficient (Wildman–Crippen LogP) is 2.84. The second kappa shape index (κ2) is 10.7. The van der Waals surface area contributed by atoms with Gasteiger partial charge < -0.3 is 26.0 Å². The van der Waals surface area contributed by atoms with Crippen LogP contribution in [0.3, 0.4) is 0 Å². The first-order chi connectivity index (χ1) is 12.1. The highest BCUT2D eigenvalue weighted by molar-refractivity contribution is 8.77. The first-order valence-corrected chi connectivity index (χ1v) is 11.0. The van der Waals surface area contributed by atoms with E-state index in [1.807, 2.05) is 21.6 Å². The van der Waals surface area contributed by atoms with Crippen LogP contribution >= 0.6 is 21.6 Å². The van der Waals surface area contributed by atoms with Crippen LogP contribution in [0.1, 0.15) is 42.5 Å². The van der Waals surface area contributed by atoms with Crippen LogP contribution in [-0.4, -0.2) is 51.9 Å². The summed E-state index contributed by atoms with van der Waals surface area (Å²) in [6.45, 7) is 2.05. The summed E-state index contributed by atoms with van der Waals surface area (Å²) in [5.74, 6) is -0.759. The van der Waals surface area contributed by atoms with Crippen LogP contribution in [0.4, 0.5) is 0 Å². The van der Waals surface area contributed by atoms with Crippen LogP contribution < -0.4 is 10.6 Å². The van der Waals surface area contributed by atoms with E-state index in [9.17, 15) is 20.1 Å². The highest BCUT2D eigenvalue weighted by Gasteiger charge is 2.15. The number of carbonyl (C=O) groups is 1. The molecule has 6 nitrogen and oxygen atoms in total. The largest absolute Gasteiger partial charge is 0.504 e. The molecular formula is C17H26N2O4S2. The lowest BCUT2D eigenvalue weighted by atomic mass is 10.1. The highest BCUT2D eigenvalue weighted by atomic mass is 33.1. The molecule has 0 radical (unpaired) electrons. The summed E-state index contributed by atoms with van der Waals surface area (Å²) in [5.41, 5.74) is 0.107. The number of nitrogens with one attached hydrogen (secondary N) is 2. The van der Waals surface area contributed by atoms with Gasteiger partial charge in [-0.15, -0.1) is 0 Å². The molecule has 2 rings (SSSR count). The van der Waals surface area contributed by atoms with E-state index in [2.05, 4.69) is 10.6 Å². The minimum absolute atomic E-state index is 0.107. The number of amides is 1. The maximum atomic E-state index is 11.9. The fourth-order valence-corrected chi connectivity index (χ4v) is 5.62. The van der Waals surface area contributed by atoms with Crippen molar-refractivity contribution in [3.8, 4) is 17.2 Å². The molecule has 0 aliphatic carbocycles. The van der Waals surface area contributed by atoms with Gasteiger partial charge in [-0.3, -0.25) is 4.79 Å². The van der Waals surface area contributed by atoms with Gasteiger partial charge in [-0.25, -0.2) is 0 Å². The number of unbranched alkanes of at least 4 members (excludes halogenated alkanes) is 2. The van der Waals surface area contributed by atoms with E-state index in [4.69, 9.17) is 0 Å². The van der Waals surface area contributed by atoms with Gasteiger partial charge >= 0.3 is 0 Å².